The van der Waals surface area contributed by atoms with E-state index >= 15 is 0 Å². The van der Waals surface area contributed by atoms with Crippen molar-refractivity contribution in [3.8, 4) is 11.5 Å². The Kier molecular flexibility index (Phi) is 3.35. The molecule has 1 fully saturated rings. The second-order valence-corrected chi connectivity index (χ2v) is 5.16. The van der Waals surface area contributed by atoms with Crippen LogP contribution in [0.2, 0.25) is 0 Å². The largest absolute Gasteiger partial charge is 0.504 e. The van der Waals surface area contributed by atoms with Gasteiger partial charge in [-0.3, -0.25) is 0 Å². The first-order chi connectivity index (χ1) is 9.20. The summed E-state index contributed by atoms with van der Waals surface area (Å²) in [6.07, 6.45) is 2.27. The fraction of sp³-hybridized carbons (Fsp3) is 0.571. The maximum absolute atomic E-state index is 10.0. The van der Waals surface area contributed by atoms with E-state index in [9.17, 15) is 10.2 Å². The molecule has 1 saturated heterocycles. The zero-order valence-electron chi connectivity index (χ0n) is 10.7. The Balaban J connectivity index is 1.94. The molecule has 0 aromatic heterocycles. The number of rotatable bonds is 2. The highest BCUT2D eigenvalue weighted by molar-refractivity contribution is 5.51. The van der Waals surface area contributed by atoms with Crippen molar-refractivity contribution >= 4 is 0 Å². The van der Waals surface area contributed by atoms with Gasteiger partial charge in [0.25, 0.3) is 0 Å². The number of phenolic OH excluding ortho intramolecular Hbond substituents is 2. The van der Waals surface area contributed by atoms with E-state index in [1.807, 2.05) is 0 Å². The average molecular weight is 265 g/mol. The topological polar surface area (TPSA) is 84.9 Å². The lowest BCUT2D eigenvalue weighted by molar-refractivity contribution is -0.0907. The van der Waals surface area contributed by atoms with E-state index in [2.05, 4.69) is 0 Å². The monoisotopic (exact) mass is 265 g/mol. The van der Waals surface area contributed by atoms with Crippen molar-refractivity contribution in [2.75, 3.05) is 13.2 Å². The maximum Gasteiger partial charge on any atom is 0.161 e. The first kappa shape index (κ1) is 12.7. The van der Waals surface area contributed by atoms with Gasteiger partial charge in [-0.25, -0.2) is 0 Å². The van der Waals surface area contributed by atoms with Crippen molar-refractivity contribution in [3.05, 3.63) is 23.3 Å². The maximum atomic E-state index is 10.0. The Hall–Kier alpha value is -1.30. The molecule has 1 aromatic carbocycles. The number of benzene rings is 1. The van der Waals surface area contributed by atoms with Crippen molar-refractivity contribution in [1.29, 1.82) is 0 Å². The van der Waals surface area contributed by atoms with Gasteiger partial charge in [-0.15, -0.1) is 0 Å². The number of phenols is 2. The third kappa shape index (κ3) is 2.18. The summed E-state index contributed by atoms with van der Waals surface area (Å²) in [6, 6.07) is 3.25. The van der Waals surface area contributed by atoms with Crippen LogP contribution in [-0.2, 0) is 15.9 Å². The summed E-state index contributed by atoms with van der Waals surface area (Å²) in [5.74, 6) is -0.148. The molecule has 1 aromatic rings. The first-order valence-electron chi connectivity index (χ1n) is 6.71. The van der Waals surface area contributed by atoms with Gasteiger partial charge >= 0.3 is 0 Å². The number of hydrogen-bond acceptors (Lipinski definition) is 5. The molecule has 104 valence electrons. The van der Waals surface area contributed by atoms with Crippen LogP contribution in [0.25, 0.3) is 0 Å². The van der Waals surface area contributed by atoms with Crippen LogP contribution in [-0.4, -0.2) is 35.6 Å². The van der Waals surface area contributed by atoms with Gasteiger partial charge < -0.3 is 25.4 Å². The summed E-state index contributed by atoms with van der Waals surface area (Å²) < 4.78 is 11.7. The zero-order valence-corrected chi connectivity index (χ0v) is 10.7. The Bertz CT molecular complexity index is 471. The number of fused-ring (bicyclic) bond motifs is 1. The number of ether oxygens (including phenoxy) is 2. The molecule has 0 spiro atoms. The Labute approximate surface area is 111 Å². The van der Waals surface area contributed by atoms with Crippen molar-refractivity contribution in [2.45, 2.75) is 37.6 Å². The van der Waals surface area contributed by atoms with Crippen molar-refractivity contribution in [3.63, 3.8) is 0 Å². The number of nitrogens with two attached hydrogens (primary N) is 1. The summed E-state index contributed by atoms with van der Waals surface area (Å²) in [5.41, 5.74) is 7.36. The van der Waals surface area contributed by atoms with Gasteiger partial charge in [0.05, 0.1) is 18.3 Å². The van der Waals surface area contributed by atoms with Crippen LogP contribution in [0.15, 0.2) is 12.1 Å². The molecule has 3 rings (SSSR count). The number of aromatic hydroxyl groups is 2. The molecule has 0 saturated carbocycles. The van der Waals surface area contributed by atoms with Crippen molar-refractivity contribution < 1.29 is 19.7 Å². The highest BCUT2D eigenvalue weighted by Crippen LogP contribution is 2.41. The van der Waals surface area contributed by atoms with E-state index in [1.54, 1.807) is 6.07 Å². The van der Waals surface area contributed by atoms with Crippen LogP contribution in [0.4, 0.5) is 0 Å². The molecule has 2 aliphatic heterocycles. The zero-order chi connectivity index (χ0) is 13.4. The third-order valence-corrected chi connectivity index (χ3v) is 3.98. The molecule has 0 radical (unpaired) electrons. The van der Waals surface area contributed by atoms with Gasteiger partial charge in [-0.1, -0.05) is 6.07 Å². The fourth-order valence-corrected chi connectivity index (χ4v) is 2.99. The van der Waals surface area contributed by atoms with Gasteiger partial charge in [-0.2, -0.15) is 0 Å². The molecule has 5 nitrogen and oxygen atoms in total. The minimum Gasteiger partial charge on any atom is -0.504 e. The van der Waals surface area contributed by atoms with Crippen LogP contribution in [0, 0.1) is 0 Å². The average Bonchev–Trinajstić information content (AvgIpc) is 2.96. The number of hydrogen-bond donors (Lipinski definition) is 3. The summed E-state index contributed by atoms with van der Waals surface area (Å²) in [4.78, 5) is 0. The van der Waals surface area contributed by atoms with Gasteiger partial charge in [0.2, 0.25) is 0 Å². The minimum absolute atomic E-state index is 0.0535. The Morgan fingerprint density at radius 3 is 2.79 bits per heavy atom. The molecule has 3 unspecified atom stereocenters. The Morgan fingerprint density at radius 1 is 1.26 bits per heavy atom. The van der Waals surface area contributed by atoms with E-state index in [1.165, 1.54) is 6.07 Å². The molecular weight excluding hydrogens is 246 g/mol. The smallest absolute Gasteiger partial charge is 0.161 e. The highest BCUT2D eigenvalue weighted by Gasteiger charge is 2.35. The van der Waals surface area contributed by atoms with Crippen LogP contribution < -0.4 is 5.73 Å². The van der Waals surface area contributed by atoms with E-state index in [4.69, 9.17) is 15.2 Å². The van der Waals surface area contributed by atoms with Gasteiger partial charge in [0, 0.05) is 25.1 Å². The summed E-state index contributed by atoms with van der Waals surface area (Å²) in [6.45, 7) is 1.11. The Morgan fingerprint density at radius 2 is 2.11 bits per heavy atom. The fourth-order valence-electron chi connectivity index (χ4n) is 2.99. The summed E-state index contributed by atoms with van der Waals surface area (Å²) >= 11 is 0. The molecule has 19 heavy (non-hydrogen) atoms. The van der Waals surface area contributed by atoms with Crippen LogP contribution in [0.1, 0.15) is 30.1 Å². The molecule has 3 atom stereocenters. The first-order valence-corrected chi connectivity index (χ1v) is 6.71. The molecule has 5 heteroatoms. The van der Waals surface area contributed by atoms with Gasteiger partial charge in [0.15, 0.2) is 11.5 Å². The second-order valence-electron chi connectivity index (χ2n) is 5.16. The lowest BCUT2D eigenvalue weighted by Crippen LogP contribution is -2.38. The highest BCUT2D eigenvalue weighted by atomic mass is 16.5. The minimum atomic E-state index is -0.246. The molecular formula is C14H19NO4. The summed E-state index contributed by atoms with van der Waals surface area (Å²) in [5, 5.41) is 19.7. The van der Waals surface area contributed by atoms with E-state index in [0.717, 1.165) is 30.6 Å². The van der Waals surface area contributed by atoms with Crippen molar-refractivity contribution in [2.24, 2.45) is 5.73 Å². The lowest BCUT2D eigenvalue weighted by Gasteiger charge is -2.34. The molecule has 2 heterocycles. The predicted molar refractivity (Wildman–Crippen MR) is 69.1 cm³/mol. The van der Waals surface area contributed by atoms with Crippen LogP contribution in [0.5, 0.6) is 11.5 Å². The molecule has 0 bridgehead atoms. The van der Waals surface area contributed by atoms with E-state index in [-0.39, 0.29) is 29.8 Å². The predicted octanol–water partition coefficient (Wildman–Crippen LogP) is 1.22. The van der Waals surface area contributed by atoms with Crippen LogP contribution in [0.3, 0.4) is 0 Å². The quantitative estimate of drug-likeness (QED) is 0.700. The van der Waals surface area contributed by atoms with Gasteiger partial charge in [-0.05, 0) is 24.5 Å². The standard InChI is InChI=1S/C14H19NO4/c15-7-13-8-3-4-10(16)14(17)9(8)6-12(19-13)11-2-1-5-18-11/h3-4,11-13,16-17H,1-2,5-7,15H2. The molecule has 4 N–H and O–H groups in total. The van der Waals surface area contributed by atoms with Crippen LogP contribution >= 0.6 is 0 Å². The lowest BCUT2D eigenvalue weighted by atomic mass is 9.90. The summed E-state index contributed by atoms with van der Waals surface area (Å²) in [7, 11) is 0. The third-order valence-electron chi connectivity index (χ3n) is 3.98. The van der Waals surface area contributed by atoms with E-state index < -0.39 is 0 Å². The van der Waals surface area contributed by atoms with Gasteiger partial charge in [0.1, 0.15) is 0 Å². The van der Waals surface area contributed by atoms with Crippen molar-refractivity contribution in [1.82, 2.24) is 0 Å². The SMILES string of the molecule is NCC1OC(C2CCCO2)Cc2c1ccc(O)c2O. The van der Waals surface area contributed by atoms with E-state index in [0.29, 0.717) is 13.0 Å². The molecule has 0 aliphatic carbocycles. The second kappa shape index (κ2) is 5.00. The molecule has 0 amide bonds. The molecule has 2 aliphatic rings. The normalized spacial score (nSPS) is 30.3.